The molecule has 0 fully saturated rings. The molecule has 0 saturated carbocycles. The molecule has 0 aromatic heterocycles. The van der Waals surface area contributed by atoms with E-state index in [2.05, 4.69) is 0 Å². The van der Waals surface area contributed by atoms with Crippen LogP contribution in [0.5, 0.6) is 5.75 Å². The molecule has 160 valence electrons. The number of hydrogen-bond acceptors (Lipinski definition) is 5. The van der Waals surface area contributed by atoms with Gasteiger partial charge >= 0.3 is 24.0 Å². The maximum absolute atomic E-state index is 14.6. The van der Waals surface area contributed by atoms with Gasteiger partial charge in [0.2, 0.25) is 0 Å². The van der Waals surface area contributed by atoms with Crippen molar-refractivity contribution >= 4 is 23.7 Å². The molecule has 6 nitrogen and oxygen atoms in total. The Bertz CT molecular complexity index is 1000. The normalized spacial score (nSPS) is 17.3. The Hall–Kier alpha value is -3.10. The molecule has 1 unspecified atom stereocenters. The average Bonchev–Trinajstić information content (AvgIpc) is 3.24. The second-order valence-electron chi connectivity index (χ2n) is 7.30. The quantitative estimate of drug-likeness (QED) is 0.412. The van der Waals surface area contributed by atoms with Crippen LogP contribution in [0.4, 0.5) is 13.2 Å². The zero-order valence-corrected chi connectivity index (χ0v) is 16.3. The van der Waals surface area contributed by atoms with Gasteiger partial charge in [0, 0.05) is 23.6 Å². The summed E-state index contributed by atoms with van der Waals surface area (Å²) in [6.07, 6.45) is 0.0286. The molecule has 1 aromatic rings. The van der Waals surface area contributed by atoms with E-state index in [4.69, 9.17) is 14.6 Å². The largest absolute Gasteiger partial charge is 0.481 e. The number of benzene rings is 1. The highest BCUT2D eigenvalue weighted by Crippen LogP contribution is 2.44. The topological polar surface area (TPSA) is 89.9 Å². The molecule has 1 aliphatic carbocycles. The molecule has 0 saturated heterocycles. The third-order valence-electron chi connectivity index (χ3n) is 5.26. The number of carbonyl (C=O) groups excluding carboxylic acids is 2. The lowest BCUT2D eigenvalue weighted by Gasteiger charge is -2.19. The van der Waals surface area contributed by atoms with Crippen LogP contribution in [0.15, 0.2) is 17.7 Å². The number of carbonyl (C=O) groups is 3. The maximum Gasteiger partial charge on any atom is 0.342 e. The van der Waals surface area contributed by atoms with Crippen LogP contribution in [0.2, 0.25) is 0 Å². The van der Waals surface area contributed by atoms with Crippen LogP contribution in [0, 0.1) is 12.8 Å². The first-order chi connectivity index (χ1) is 14.1. The predicted octanol–water partition coefficient (Wildman–Crippen LogP) is 4.48. The maximum atomic E-state index is 14.6. The van der Waals surface area contributed by atoms with Gasteiger partial charge in [-0.15, -0.1) is 0 Å². The molecule has 1 aliphatic heterocycles. The number of rotatable bonds is 6. The zero-order valence-electron chi connectivity index (χ0n) is 16.3. The van der Waals surface area contributed by atoms with E-state index in [9.17, 15) is 27.6 Å². The number of ether oxygens (including phenoxy) is 2. The SMILES string of the molecule is CC(=O)Oc1c(CC2=CC(CC(=O)O)CC2)c(C(F)=C(F)F)c(C)c2c1C(=O)OC2. The van der Waals surface area contributed by atoms with E-state index in [0.717, 1.165) is 6.92 Å². The molecular formula is C21H19F3O6. The second kappa shape index (κ2) is 8.33. The molecule has 9 heteroatoms. The minimum Gasteiger partial charge on any atom is -0.481 e. The number of carboxylic acid groups (broad SMARTS) is 1. The molecule has 2 aliphatic rings. The van der Waals surface area contributed by atoms with E-state index < -0.39 is 35.4 Å². The highest BCUT2D eigenvalue weighted by Gasteiger charge is 2.35. The zero-order chi connectivity index (χ0) is 22.2. The fourth-order valence-corrected chi connectivity index (χ4v) is 4.02. The van der Waals surface area contributed by atoms with Gasteiger partial charge in [0.05, 0.1) is 6.42 Å². The monoisotopic (exact) mass is 424 g/mol. The fraction of sp³-hybridized carbons (Fsp3) is 0.381. The number of halogens is 3. The summed E-state index contributed by atoms with van der Waals surface area (Å²) in [5.74, 6) is -4.85. The van der Waals surface area contributed by atoms with Crippen LogP contribution in [-0.2, 0) is 27.4 Å². The second-order valence-corrected chi connectivity index (χ2v) is 7.30. The van der Waals surface area contributed by atoms with Crippen molar-refractivity contribution in [3.05, 3.63) is 45.5 Å². The number of carboxylic acids is 1. The van der Waals surface area contributed by atoms with Crippen LogP contribution < -0.4 is 4.74 Å². The molecule has 1 atom stereocenters. The van der Waals surface area contributed by atoms with Crippen molar-refractivity contribution in [1.29, 1.82) is 0 Å². The lowest BCUT2D eigenvalue weighted by atomic mass is 9.88. The Morgan fingerprint density at radius 2 is 2.00 bits per heavy atom. The summed E-state index contributed by atoms with van der Waals surface area (Å²) in [6, 6.07) is 0. The number of cyclic esters (lactones) is 1. The summed E-state index contributed by atoms with van der Waals surface area (Å²) in [6.45, 7) is 2.23. The molecule has 3 rings (SSSR count). The Morgan fingerprint density at radius 1 is 1.30 bits per heavy atom. The van der Waals surface area contributed by atoms with Crippen LogP contribution in [-0.4, -0.2) is 23.0 Å². The van der Waals surface area contributed by atoms with E-state index in [0.29, 0.717) is 18.4 Å². The van der Waals surface area contributed by atoms with Crippen molar-refractivity contribution in [1.82, 2.24) is 0 Å². The Kier molecular flexibility index (Phi) is 6.00. The molecule has 0 bridgehead atoms. The fourth-order valence-electron chi connectivity index (χ4n) is 4.02. The number of fused-ring (bicyclic) bond motifs is 1. The van der Waals surface area contributed by atoms with E-state index in [1.807, 2.05) is 0 Å². The summed E-state index contributed by atoms with van der Waals surface area (Å²) >= 11 is 0. The van der Waals surface area contributed by atoms with Crippen molar-refractivity contribution in [3.63, 3.8) is 0 Å². The molecule has 1 N–H and O–H groups in total. The van der Waals surface area contributed by atoms with Crippen molar-refractivity contribution in [2.75, 3.05) is 0 Å². The van der Waals surface area contributed by atoms with Crippen molar-refractivity contribution in [3.8, 4) is 5.75 Å². The van der Waals surface area contributed by atoms with Gasteiger partial charge in [-0.2, -0.15) is 8.78 Å². The van der Waals surface area contributed by atoms with Gasteiger partial charge in [0.25, 0.3) is 0 Å². The first-order valence-corrected chi connectivity index (χ1v) is 9.26. The van der Waals surface area contributed by atoms with E-state index in [1.54, 1.807) is 6.08 Å². The number of esters is 2. The summed E-state index contributed by atoms with van der Waals surface area (Å²) in [5, 5.41) is 8.97. The van der Waals surface area contributed by atoms with Gasteiger partial charge in [-0.1, -0.05) is 11.6 Å². The molecule has 0 amide bonds. The number of aliphatic carboxylic acids is 1. The summed E-state index contributed by atoms with van der Waals surface area (Å²) < 4.78 is 51.2. The Morgan fingerprint density at radius 3 is 2.60 bits per heavy atom. The first-order valence-electron chi connectivity index (χ1n) is 9.26. The summed E-state index contributed by atoms with van der Waals surface area (Å²) in [4.78, 5) is 34.9. The van der Waals surface area contributed by atoms with Crippen LogP contribution >= 0.6 is 0 Å². The van der Waals surface area contributed by atoms with Gasteiger partial charge in [-0.05, 0) is 37.7 Å². The van der Waals surface area contributed by atoms with Gasteiger partial charge in [-0.3, -0.25) is 9.59 Å². The van der Waals surface area contributed by atoms with Gasteiger partial charge in [0.1, 0.15) is 17.9 Å². The van der Waals surface area contributed by atoms with Gasteiger partial charge < -0.3 is 14.6 Å². The number of allylic oxidation sites excluding steroid dienone is 2. The lowest BCUT2D eigenvalue weighted by Crippen LogP contribution is -2.13. The smallest absolute Gasteiger partial charge is 0.342 e. The minimum absolute atomic E-state index is 0.0622. The van der Waals surface area contributed by atoms with Crippen LogP contribution in [0.1, 0.15) is 58.8 Å². The Labute approximate surface area is 170 Å². The van der Waals surface area contributed by atoms with Gasteiger partial charge in [0.15, 0.2) is 5.83 Å². The molecule has 0 radical (unpaired) electrons. The van der Waals surface area contributed by atoms with E-state index in [1.165, 1.54) is 6.92 Å². The standard InChI is InChI=1S/C21H19F3O6/c1-9-14-8-29-21(28)17(14)19(30-10(2)25)13(16(9)18(22)20(23)24)6-11-3-4-12(5-11)7-15(26)27/h5,12H,3-4,6-8H2,1-2H3,(H,26,27). The van der Waals surface area contributed by atoms with Crippen LogP contribution in [0.3, 0.4) is 0 Å². The third-order valence-corrected chi connectivity index (χ3v) is 5.26. The molecule has 30 heavy (non-hydrogen) atoms. The summed E-state index contributed by atoms with van der Waals surface area (Å²) in [7, 11) is 0. The van der Waals surface area contributed by atoms with Crippen LogP contribution in [0.25, 0.3) is 5.83 Å². The minimum atomic E-state index is -2.54. The highest BCUT2D eigenvalue weighted by atomic mass is 19.3. The highest BCUT2D eigenvalue weighted by molar-refractivity contribution is 5.99. The molecule has 0 spiro atoms. The van der Waals surface area contributed by atoms with Crippen molar-refractivity contribution in [2.24, 2.45) is 5.92 Å². The average molecular weight is 424 g/mol. The van der Waals surface area contributed by atoms with E-state index in [-0.39, 0.29) is 53.4 Å². The summed E-state index contributed by atoms with van der Waals surface area (Å²) in [5.41, 5.74) is 0.407. The molecule has 1 heterocycles. The molecule has 1 aromatic carbocycles. The Balaban J connectivity index is 2.21. The lowest BCUT2D eigenvalue weighted by molar-refractivity contribution is -0.137. The number of hydrogen-bond donors (Lipinski definition) is 1. The third kappa shape index (κ3) is 4.10. The molecular weight excluding hydrogens is 405 g/mol. The van der Waals surface area contributed by atoms with E-state index >= 15 is 0 Å². The van der Waals surface area contributed by atoms with Crippen molar-refractivity contribution in [2.45, 2.75) is 46.1 Å². The van der Waals surface area contributed by atoms with Gasteiger partial charge in [-0.25, -0.2) is 9.18 Å². The predicted molar refractivity (Wildman–Crippen MR) is 98.6 cm³/mol. The van der Waals surface area contributed by atoms with Crippen molar-refractivity contribution < 1.29 is 42.1 Å². The first kappa shape index (κ1) is 21.6.